The van der Waals surface area contributed by atoms with Gasteiger partial charge >= 0.3 is 0 Å². The lowest BCUT2D eigenvalue weighted by molar-refractivity contribution is -0.117. The molecule has 0 atom stereocenters. The van der Waals surface area contributed by atoms with Gasteiger partial charge in [0, 0.05) is 38.1 Å². The molecule has 26 heavy (non-hydrogen) atoms. The summed E-state index contributed by atoms with van der Waals surface area (Å²) in [6.45, 7) is 3.00. The van der Waals surface area contributed by atoms with Gasteiger partial charge in [-0.25, -0.2) is 4.98 Å². The van der Waals surface area contributed by atoms with Crippen molar-refractivity contribution >= 4 is 40.4 Å². The molecule has 9 heteroatoms. The molecule has 1 fully saturated rings. The average molecular weight is 394 g/mol. The number of nitrogens with two attached hydrogens (primary N) is 1. The number of benzene rings is 1. The van der Waals surface area contributed by atoms with E-state index in [4.69, 9.17) is 17.3 Å². The largest absolute Gasteiger partial charge is 0.335 e. The molecular weight excluding hydrogens is 374 g/mol. The van der Waals surface area contributed by atoms with Crippen molar-refractivity contribution in [2.75, 3.05) is 38.0 Å². The first kappa shape index (κ1) is 18.8. The lowest BCUT2D eigenvalue weighted by Crippen LogP contribution is -2.50. The van der Waals surface area contributed by atoms with E-state index in [9.17, 15) is 9.59 Å². The van der Waals surface area contributed by atoms with Crippen LogP contribution < -0.4 is 11.1 Å². The Labute approximate surface area is 160 Å². The number of nitrogens with one attached hydrogen (secondary N) is 1. The molecule has 0 radical (unpaired) electrons. The van der Waals surface area contributed by atoms with E-state index in [0.29, 0.717) is 49.1 Å². The molecule has 1 aromatic heterocycles. The summed E-state index contributed by atoms with van der Waals surface area (Å²) in [6, 6.07) is 7.13. The van der Waals surface area contributed by atoms with E-state index in [0.717, 1.165) is 5.01 Å². The van der Waals surface area contributed by atoms with Crippen LogP contribution in [0.4, 0.5) is 5.69 Å². The maximum atomic E-state index is 12.5. The molecule has 1 aliphatic heterocycles. The van der Waals surface area contributed by atoms with Crippen LogP contribution in [0.2, 0.25) is 5.02 Å². The monoisotopic (exact) mass is 393 g/mol. The number of hydrogen-bond acceptors (Lipinski definition) is 6. The van der Waals surface area contributed by atoms with Crippen LogP contribution >= 0.6 is 22.9 Å². The van der Waals surface area contributed by atoms with Crippen LogP contribution in [0.15, 0.2) is 29.6 Å². The molecule has 0 spiro atoms. The molecule has 0 unspecified atom stereocenters. The molecule has 138 valence electrons. The second-order valence-corrected chi connectivity index (χ2v) is 7.28. The SMILES string of the molecule is NCc1nc(C(=O)N2CCN(CC(=O)Nc3ccccc3Cl)CC2)cs1. The van der Waals surface area contributed by atoms with Gasteiger partial charge in [0.1, 0.15) is 10.7 Å². The van der Waals surface area contributed by atoms with Gasteiger partial charge < -0.3 is 16.0 Å². The van der Waals surface area contributed by atoms with Crippen LogP contribution in [0.5, 0.6) is 0 Å². The minimum Gasteiger partial charge on any atom is -0.335 e. The van der Waals surface area contributed by atoms with Gasteiger partial charge in [0.15, 0.2) is 0 Å². The minimum atomic E-state index is -0.120. The molecule has 3 rings (SSSR count). The fraction of sp³-hybridized carbons (Fsp3) is 0.353. The molecule has 2 aromatic rings. The van der Waals surface area contributed by atoms with Crippen LogP contribution in [-0.2, 0) is 11.3 Å². The zero-order valence-electron chi connectivity index (χ0n) is 14.2. The third-order valence-electron chi connectivity index (χ3n) is 4.12. The van der Waals surface area contributed by atoms with Crippen LogP contribution in [0.3, 0.4) is 0 Å². The third-order valence-corrected chi connectivity index (χ3v) is 5.32. The van der Waals surface area contributed by atoms with Gasteiger partial charge in [0.25, 0.3) is 5.91 Å². The van der Waals surface area contributed by atoms with E-state index >= 15 is 0 Å². The highest BCUT2D eigenvalue weighted by Gasteiger charge is 2.24. The molecule has 0 aliphatic carbocycles. The first-order chi connectivity index (χ1) is 12.6. The zero-order valence-corrected chi connectivity index (χ0v) is 15.7. The van der Waals surface area contributed by atoms with Crippen molar-refractivity contribution in [3.05, 3.63) is 45.4 Å². The van der Waals surface area contributed by atoms with Crippen molar-refractivity contribution in [1.29, 1.82) is 0 Å². The second kappa shape index (κ2) is 8.59. The smallest absolute Gasteiger partial charge is 0.273 e. The minimum absolute atomic E-state index is 0.0823. The maximum absolute atomic E-state index is 12.5. The predicted molar refractivity (Wildman–Crippen MR) is 102 cm³/mol. The van der Waals surface area contributed by atoms with Crippen molar-refractivity contribution < 1.29 is 9.59 Å². The van der Waals surface area contributed by atoms with E-state index in [1.807, 2.05) is 17.0 Å². The zero-order chi connectivity index (χ0) is 18.5. The standard InChI is InChI=1S/C17H20ClN5O2S/c18-12-3-1-2-4-13(12)20-15(24)10-22-5-7-23(8-6-22)17(25)14-11-26-16(9-19)21-14/h1-4,11H,5-10,19H2,(H,20,24). The quantitative estimate of drug-likeness (QED) is 0.805. The van der Waals surface area contributed by atoms with Crippen molar-refractivity contribution in [2.24, 2.45) is 5.73 Å². The van der Waals surface area contributed by atoms with Gasteiger partial charge in [-0.3, -0.25) is 14.5 Å². The lowest BCUT2D eigenvalue weighted by Gasteiger charge is -2.34. The number of nitrogens with zero attached hydrogens (tertiary/aromatic N) is 3. The number of para-hydroxylation sites is 1. The number of thiazole rings is 1. The molecule has 0 saturated carbocycles. The third kappa shape index (κ3) is 4.59. The number of halogens is 1. The summed E-state index contributed by atoms with van der Waals surface area (Å²) in [7, 11) is 0. The lowest BCUT2D eigenvalue weighted by atomic mass is 10.2. The van der Waals surface area contributed by atoms with Gasteiger partial charge in [-0.2, -0.15) is 0 Å². The summed E-state index contributed by atoms with van der Waals surface area (Å²) >= 11 is 7.45. The number of carbonyl (C=O) groups excluding carboxylic acids is 2. The molecule has 7 nitrogen and oxygen atoms in total. The van der Waals surface area contributed by atoms with Crippen molar-refractivity contribution in [3.63, 3.8) is 0 Å². The van der Waals surface area contributed by atoms with Gasteiger partial charge in [-0.05, 0) is 12.1 Å². The van der Waals surface area contributed by atoms with E-state index < -0.39 is 0 Å². The Balaban J connectivity index is 1.48. The van der Waals surface area contributed by atoms with E-state index in [-0.39, 0.29) is 18.4 Å². The normalized spacial score (nSPS) is 15.1. The Morgan fingerprint density at radius 2 is 1.96 bits per heavy atom. The predicted octanol–water partition coefficient (Wildman–Crippen LogP) is 1.65. The molecular formula is C17H20ClN5O2S. The highest BCUT2D eigenvalue weighted by molar-refractivity contribution is 7.09. The summed E-state index contributed by atoms with van der Waals surface area (Å²) < 4.78 is 0. The number of amides is 2. The maximum Gasteiger partial charge on any atom is 0.273 e. The summed E-state index contributed by atoms with van der Waals surface area (Å²) in [5.41, 5.74) is 6.59. The van der Waals surface area contributed by atoms with Gasteiger partial charge in [-0.1, -0.05) is 23.7 Å². The highest BCUT2D eigenvalue weighted by Crippen LogP contribution is 2.20. The fourth-order valence-corrected chi connectivity index (χ4v) is 3.56. The first-order valence-electron chi connectivity index (χ1n) is 8.27. The van der Waals surface area contributed by atoms with Crippen molar-refractivity contribution in [2.45, 2.75) is 6.54 Å². The van der Waals surface area contributed by atoms with Gasteiger partial charge in [0.2, 0.25) is 5.91 Å². The Kier molecular flexibility index (Phi) is 6.20. The number of piperazine rings is 1. The molecule has 1 aromatic carbocycles. The van der Waals surface area contributed by atoms with Crippen molar-refractivity contribution in [1.82, 2.24) is 14.8 Å². The number of carbonyl (C=O) groups is 2. The van der Waals surface area contributed by atoms with Crippen molar-refractivity contribution in [3.8, 4) is 0 Å². The molecule has 0 bridgehead atoms. The Hall–Kier alpha value is -2.00. The summed E-state index contributed by atoms with van der Waals surface area (Å²) in [6.07, 6.45) is 0. The summed E-state index contributed by atoms with van der Waals surface area (Å²) in [5.74, 6) is -0.203. The molecule has 1 aliphatic rings. The van der Waals surface area contributed by atoms with Crippen LogP contribution in [0, 0.1) is 0 Å². The van der Waals surface area contributed by atoms with Crippen LogP contribution in [0.25, 0.3) is 0 Å². The van der Waals surface area contributed by atoms with E-state index in [2.05, 4.69) is 10.3 Å². The summed E-state index contributed by atoms with van der Waals surface area (Å²) in [5, 5.41) is 5.82. The van der Waals surface area contributed by atoms with Gasteiger partial charge in [-0.15, -0.1) is 11.3 Å². The molecule has 2 amide bonds. The second-order valence-electron chi connectivity index (χ2n) is 5.93. The first-order valence-corrected chi connectivity index (χ1v) is 9.53. The molecule has 1 saturated heterocycles. The highest BCUT2D eigenvalue weighted by atomic mass is 35.5. The van der Waals surface area contributed by atoms with E-state index in [1.54, 1.807) is 22.4 Å². The molecule has 3 N–H and O–H groups in total. The Morgan fingerprint density at radius 1 is 1.23 bits per heavy atom. The van der Waals surface area contributed by atoms with E-state index in [1.165, 1.54) is 11.3 Å². The Bertz CT molecular complexity index is 789. The molecule has 2 heterocycles. The number of rotatable bonds is 5. The summed E-state index contributed by atoms with van der Waals surface area (Å²) in [4.78, 5) is 32.7. The average Bonchev–Trinajstić information content (AvgIpc) is 3.13. The number of anilines is 1. The van der Waals surface area contributed by atoms with Crippen LogP contribution in [-0.4, -0.2) is 59.3 Å². The Morgan fingerprint density at radius 3 is 2.62 bits per heavy atom. The fourth-order valence-electron chi connectivity index (χ4n) is 2.73. The topological polar surface area (TPSA) is 91.6 Å². The van der Waals surface area contributed by atoms with Gasteiger partial charge in [0.05, 0.1) is 17.3 Å². The van der Waals surface area contributed by atoms with Crippen LogP contribution in [0.1, 0.15) is 15.5 Å². The number of hydrogen-bond donors (Lipinski definition) is 2. The number of aromatic nitrogens is 1.